The molecule has 1 aliphatic heterocycles. The number of nitrogens with one attached hydrogen (secondary N) is 1. The Labute approximate surface area is 120 Å². The van der Waals surface area contributed by atoms with Crippen molar-refractivity contribution in [2.75, 3.05) is 19.6 Å². The maximum atomic E-state index is 12.3. The molecule has 2 amide bonds. The summed E-state index contributed by atoms with van der Waals surface area (Å²) in [4.78, 5) is 29.3. The van der Waals surface area contributed by atoms with Gasteiger partial charge in [0.1, 0.15) is 0 Å². The Bertz CT molecular complexity index is 678. The van der Waals surface area contributed by atoms with Crippen LogP contribution in [0.5, 0.6) is 0 Å². The SMILES string of the molecule is Cc1noc(-c2ccc(C(=O)N3CCNC(=O)C3)cc2)n1. The molecule has 7 heteroatoms. The first-order valence-corrected chi connectivity index (χ1v) is 6.60. The standard InChI is InChI=1S/C14H14N4O3/c1-9-16-13(21-17-9)10-2-4-11(5-3-10)14(20)18-7-6-15-12(19)8-18/h2-5H,6-8H2,1H3,(H,15,19). The molecule has 108 valence electrons. The van der Waals surface area contributed by atoms with Crippen molar-refractivity contribution < 1.29 is 14.1 Å². The number of amides is 2. The molecule has 21 heavy (non-hydrogen) atoms. The van der Waals surface area contributed by atoms with Crippen LogP contribution in [0.3, 0.4) is 0 Å². The van der Waals surface area contributed by atoms with Crippen LogP contribution in [0, 0.1) is 6.92 Å². The molecule has 2 aromatic rings. The lowest BCUT2D eigenvalue weighted by Gasteiger charge is -2.26. The minimum Gasteiger partial charge on any atom is -0.353 e. The number of aromatic nitrogens is 2. The molecule has 1 aliphatic rings. The topological polar surface area (TPSA) is 88.3 Å². The van der Waals surface area contributed by atoms with Crippen molar-refractivity contribution in [3.8, 4) is 11.5 Å². The van der Waals surface area contributed by atoms with Gasteiger partial charge in [0.25, 0.3) is 11.8 Å². The van der Waals surface area contributed by atoms with Gasteiger partial charge in [0.2, 0.25) is 5.91 Å². The lowest BCUT2D eigenvalue weighted by atomic mass is 10.1. The highest BCUT2D eigenvalue weighted by Gasteiger charge is 2.22. The predicted molar refractivity (Wildman–Crippen MR) is 73.4 cm³/mol. The van der Waals surface area contributed by atoms with Crippen LogP contribution in [-0.4, -0.2) is 46.5 Å². The third kappa shape index (κ3) is 2.76. The molecule has 0 bridgehead atoms. The normalized spacial score (nSPS) is 14.9. The Hall–Kier alpha value is -2.70. The summed E-state index contributed by atoms with van der Waals surface area (Å²) < 4.78 is 5.07. The van der Waals surface area contributed by atoms with Crippen LogP contribution in [0.15, 0.2) is 28.8 Å². The van der Waals surface area contributed by atoms with Crippen molar-refractivity contribution >= 4 is 11.8 Å². The summed E-state index contributed by atoms with van der Waals surface area (Å²) in [6.45, 7) is 2.86. The lowest BCUT2D eigenvalue weighted by Crippen LogP contribution is -2.49. The number of piperazine rings is 1. The van der Waals surface area contributed by atoms with Gasteiger partial charge >= 0.3 is 0 Å². The summed E-state index contributed by atoms with van der Waals surface area (Å²) in [5.74, 6) is 0.694. The molecule has 1 aromatic carbocycles. The van der Waals surface area contributed by atoms with E-state index in [2.05, 4.69) is 15.5 Å². The van der Waals surface area contributed by atoms with Gasteiger partial charge in [-0.1, -0.05) is 5.16 Å². The van der Waals surface area contributed by atoms with E-state index in [0.717, 1.165) is 5.56 Å². The van der Waals surface area contributed by atoms with Gasteiger partial charge in [-0.25, -0.2) is 0 Å². The quantitative estimate of drug-likeness (QED) is 0.874. The summed E-state index contributed by atoms with van der Waals surface area (Å²) in [7, 11) is 0. The molecule has 1 aromatic heterocycles. The van der Waals surface area contributed by atoms with E-state index in [1.807, 2.05) is 0 Å². The maximum Gasteiger partial charge on any atom is 0.257 e. The molecule has 1 fully saturated rings. The molecule has 3 rings (SSSR count). The number of hydrogen-bond donors (Lipinski definition) is 1. The second-order valence-corrected chi connectivity index (χ2v) is 4.80. The first-order valence-electron chi connectivity index (χ1n) is 6.60. The molecule has 7 nitrogen and oxygen atoms in total. The van der Waals surface area contributed by atoms with Crippen LogP contribution in [0.1, 0.15) is 16.2 Å². The average Bonchev–Trinajstić information content (AvgIpc) is 2.93. The minimum atomic E-state index is -0.155. The fourth-order valence-electron chi connectivity index (χ4n) is 2.16. The summed E-state index contributed by atoms with van der Waals surface area (Å²) >= 11 is 0. The second kappa shape index (κ2) is 5.35. The Morgan fingerprint density at radius 1 is 1.33 bits per heavy atom. The fraction of sp³-hybridized carbons (Fsp3) is 0.286. The number of aryl methyl sites for hydroxylation is 1. The largest absolute Gasteiger partial charge is 0.353 e. The molecular weight excluding hydrogens is 272 g/mol. The van der Waals surface area contributed by atoms with E-state index in [0.29, 0.717) is 30.4 Å². The third-order valence-electron chi connectivity index (χ3n) is 3.23. The van der Waals surface area contributed by atoms with Crippen LogP contribution in [-0.2, 0) is 4.79 Å². The number of carbonyl (C=O) groups excluding carboxylic acids is 2. The number of carbonyl (C=O) groups is 2. The summed E-state index contributed by atoms with van der Waals surface area (Å²) in [6.07, 6.45) is 0. The molecule has 0 saturated carbocycles. The Morgan fingerprint density at radius 3 is 2.71 bits per heavy atom. The van der Waals surface area contributed by atoms with Crippen molar-refractivity contribution in [3.63, 3.8) is 0 Å². The van der Waals surface area contributed by atoms with Gasteiger partial charge in [-0.15, -0.1) is 0 Å². The Morgan fingerprint density at radius 2 is 2.10 bits per heavy atom. The average molecular weight is 286 g/mol. The summed E-state index contributed by atoms with van der Waals surface area (Å²) in [5, 5.41) is 6.42. The number of benzene rings is 1. The van der Waals surface area contributed by atoms with Crippen LogP contribution < -0.4 is 5.32 Å². The highest BCUT2D eigenvalue weighted by Crippen LogP contribution is 2.18. The van der Waals surface area contributed by atoms with Crippen LogP contribution >= 0.6 is 0 Å². The molecule has 0 atom stereocenters. The molecule has 0 unspecified atom stereocenters. The van der Waals surface area contributed by atoms with Gasteiger partial charge < -0.3 is 14.7 Å². The zero-order valence-corrected chi connectivity index (χ0v) is 11.5. The molecule has 0 radical (unpaired) electrons. The first kappa shape index (κ1) is 13.3. The molecule has 0 spiro atoms. The number of rotatable bonds is 2. The zero-order valence-electron chi connectivity index (χ0n) is 11.5. The van der Waals surface area contributed by atoms with Crippen molar-refractivity contribution in [2.24, 2.45) is 0 Å². The van der Waals surface area contributed by atoms with E-state index in [9.17, 15) is 9.59 Å². The Kier molecular flexibility index (Phi) is 3.39. The van der Waals surface area contributed by atoms with Gasteiger partial charge in [-0.3, -0.25) is 9.59 Å². The van der Waals surface area contributed by atoms with Crippen molar-refractivity contribution in [2.45, 2.75) is 6.92 Å². The van der Waals surface area contributed by atoms with Gasteiger partial charge in [-0.2, -0.15) is 4.98 Å². The van der Waals surface area contributed by atoms with Gasteiger partial charge in [0.15, 0.2) is 5.82 Å². The molecule has 1 N–H and O–H groups in total. The summed E-state index contributed by atoms with van der Waals surface area (Å²) in [5.41, 5.74) is 1.29. The van der Waals surface area contributed by atoms with Crippen molar-refractivity contribution in [1.29, 1.82) is 0 Å². The van der Waals surface area contributed by atoms with E-state index in [-0.39, 0.29) is 18.4 Å². The predicted octanol–water partition coefficient (Wildman–Crippen LogP) is 0.617. The van der Waals surface area contributed by atoms with E-state index >= 15 is 0 Å². The van der Waals surface area contributed by atoms with Gasteiger partial charge in [0, 0.05) is 24.2 Å². The highest BCUT2D eigenvalue weighted by molar-refractivity contribution is 5.97. The van der Waals surface area contributed by atoms with Crippen LogP contribution in [0.25, 0.3) is 11.5 Å². The fourth-order valence-corrected chi connectivity index (χ4v) is 2.16. The smallest absolute Gasteiger partial charge is 0.257 e. The van der Waals surface area contributed by atoms with Gasteiger partial charge in [-0.05, 0) is 31.2 Å². The van der Waals surface area contributed by atoms with Crippen LogP contribution in [0.2, 0.25) is 0 Å². The zero-order chi connectivity index (χ0) is 14.8. The first-order chi connectivity index (χ1) is 10.1. The monoisotopic (exact) mass is 286 g/mol. The number of nitrogens with zero attached hydrogens (tertiary/aromatic N) is 3. The van der Waals surface area contributed by atoms with E-state index in [1.165, 1.54) is 4.90 Å². The number of hydrogen-bond acceptors (Lipinski definition) is 5. The maximum absolute atomic E-state index is 12.3. The summed E-state index contributed by atoms with van der Waals surface area (Å²) in [6, 6.07) is 6.90. The molecule has 2 heterocycles. The Balaban J connectivity index is 1.77. The third-order valence-corrected chi connectivity index (χ3v) is 3.23. The van der Waals surface area contributed by atoms with Crippen LogP contribution in [0.4, 0.5) is 0 Å². The van der Waals surface area contributed by atoms with Crippen molar-refractivity contribution in [3.05, 3.63) is 35.7 Å². The van der Waals surface area contributed by atoms with Crippen molar-refractivity contribution in [1.82, 2.24) is 20.4 Å². The highest BCUT2D eigenvalue weighted by atomic mass is 16.5. The van der Waals surface area contributed by atoms with E-state index in [1.54, 1.807) is 31.2 Å². The van der Waals surface area contributed by atoms with E-state index in [4.69, 9.17) is 4.52 Å². The van der Waals surface area contributed by atoms with Gasteiger partial charge in [0.05, 0.1) is 6.54 Å². The minimum absolute atomic E-state index is 0.101. The molecule has 0 aliphatic carbocycles. The molecular formula is C14H14N4O3. The second-order valence-electron chi connectivity index (χ2n) is 4.80. The lowest BCUT2D eigenvalue weighted by molar-refractivity contribution is -0.123. The van der Waals surface area contributed by atoms with E-state index < -0.39 is 0 Å². The molecule has 1 saturated heterocycles.